The number of rotatable bonds is 2. The van der Waals surface area contributed by atoms with Crippen molar-refractivity contribution in [3.8, 4) is 0 Å². The molecule has 0 fully saturated rings. The van der Waals surface area contributed by atoms with Gasteiger partial charge in [0, 0.05) is 11.1 Å². The molecule has 0 bridgehead atoms. The summed E-state index contributed by atoms with van der Waals surface area (Å²) in [6.07, 6.45) is 1.49. The largest absolute Gasteiger partial charge is 0.327 e. The van der Waals surface area contributed by atoms with Gasteiger partial charge in [-0.05, 0) is 13.0 Å². The lowest BCUT2D eigenvalue weighted by Crippen LogP contribution is -2.22. The van der Waals surface area contributed by atoms with Crippen molar-refractivity contribution < 1.29 is 0 Å². The Labute approximate surface area is 128 Å². The fourth-order valence-electron chi connectivity index (χ4n) is 2.62. The maximum atomic E-state index is 11.7. The maximum Gasteiger partial charge on any atom is 0.327 e. The van der Waals surface area contributed by atoms with E-state index in [2.05, 4.69) is 24.9 Å². The van der Waals surface area contributed by atoms with Gasteiger partial charge in [-0.25, -0.2) is 19.7 Å². The summed E-state index contributed by atoms with van der Waals surface area (Å²) >= 11 is 0. The van der Waals surface area contributed by atoms with E-state index >= 15 is 0 Å². The van der Waals surface area contributed by atoms with E-state index < -0.39 is 11.2 Å². The molecule has 0 aliphatic heterocycles. The minimum atomic E-state index is -0.570. The molecule has 3 aromatic heterocycles. The number of fused-ring (bicyclic) bond motifs is 2. The smallest absolute Gasteiger partial charge is 0.309 e. The van der Waals surface area contributed by atoms with E-state index in [1.54, 1.807) is 4.57 Å². The number of imidazole rings is 1. The highest BCUT2D eigenvalue weighted by atomic mass is 16.2. The molecule has 0 atom stereocenters. The van der Waals surface area contributed by atoms with Crippen molar-refractivity contribution in [3.63, 3.8) is 0 Å². The molecule has 0 aliphatic rings. The summed E-state index contributed by atoms with van der Waals surface area (Å²) in [7, 11) is 0. The van der Waals surface area contributed by atoms with Gasteiger partial charge in [0.1, 0.15) is 11.5 Å². The summed E-state index contributed by atoms with van der Waals surface area (Å²) in [4.78, 5) is 40.9. The van der Waals surface area contributed by atoms with Gasteiger partial charge in [-0.3, -0.25) is 14.8 Å². The predicted molar refractivity (Wildman–Crippen MR) is 84.4 cm³/mol. The molecule has 2 N–H and O–H groups in total. The van der Waals surface area contributed by atoms with Gasteiger partial charge in [0.2, 0.25) is 0 Å². The number of nitrogens with zero attached hydrogens (tertiary/aromatic N) is 4. The van der Waals surface area contributed by atoms with Crippen LogP contribution in [-0.4, -0.2) is 29.5 Å². The molecule has 8 heteroatoms. The quantitative estimate of drug-likeness (QED) is 0.567. The number of nitrogens with one attached hydrogen (secondary N) is 2. The van der Waals surface area contributed by atoms with E-state index in [0.29, 0.717) is 18.0 Å². The van der Waals surface area contributed by atoms with E-state index in [4.69, 9.17) is 0 Å². The third-order valence-electron chi connectivity index (χ3n) is 3.66. The van der Waals surface area contributed by atoms with Crippen LogP contribution in [0, 0.1) is 6.92 Å². The van der Waals surface area contributed by atoms with Crippen LogP contribution in [0.25, 0.3) is 22.1 Å². The highest BCUT2D eigenvalue weighted by Gasteiger charge is 2.10. The van der Waals surface area contributed by atoms with Crippen LogP contribution in [0.2, 0.25) is 0 Å². The minimum absolute atomic E-state index is 0.183. The normalized spacial score (nSPS) is 11.3. The second-order valence-corrected chi connectivity index (χ2v) is 5.22. The highest BCUT2D eigenvalue weighted by molar-refractivity contribution is 5.80. The van der Waals surface area contributed by atoms with Crippen LogP contribution < -0.4 is 11.2 Å². The topological polar surface area (TPSA) is 109 Å². The third kappa shape index (κ3) is 2.20. The highest BCUT2D eigenvalue weighted by Crippen LogP contribution is 2.15. The van der Waals surface area contributed by atoms with Crippen LogP contribution in [0.4, 0.5) is 0 Å². The summed E-state index contributed by atoms with van der Waals surface area (Å²) in [5.74, 6) is 0.585. The number of hydrogen-bond acceptors (Lipinski definition) is 5. The molecule has 0 unspecified atom stereocenters. The number of H-pyrrole nitrogens is 2. The van der Waals surface area contributed by atoms with Crippen molar-refractivity contribution >= 4 is 22.1 Å². The van der Waals surface area contributed by atoms with Crippen molar-refractivity contribution in [2.24, 2.45) is 0 Å². The zero-order valence-electron chi connectivity index (χ0n) is 12.2. The van der Waals surface area contributed by atoms with Gasteiger partial charge in [-0.1, -0.05) is 18.2 Å². The van der Waals surface area contributed by atoms with Crippen LogP contribution >= 0.6 is 0 Å². The molecular weight excluding hydrogens is 296 g/mol. The predicted octanol–water partition coefficient (Wildman–Crippen LogP) is 0.713. The van der Waals surface area contributed by atoms with Crippen LogP contribution in [0.1, 0.15) is 11.5 Å². The van der Waals surface area contributed by atoms with Gasteiger partial charge in [-0.2, -0.15) is 0 Å². The Morgan fingerprint density at radius 1 is 1.13 bits per heavy atom. The Morgan fingerprint density at radius 3 is 2.83 bits per heavy atom. The third-order valence-corrected chi connectivity index (χ3v) is 3.66. The van der Waals surface area contributed by atoms with Gasteiger partial charge >= 0.3 is 5.69 Å². The average molecular weight is 308 g/mol. The molecule has 0 aliphatic carbocycles. The van der Waals surface area contributed by atoms with Gasteiger partial charge in [-0.15, -0.1) is 0 Å². The Morgan fingerprint density at radius 2 is 1.96 bits per heavy atom. The van der Waals surface area contributed by atoms with E-state index in [1.807, 2.05) is 31.2 Å². The van der Waals surface area contributed by atoms with E-state index in [-0.39, 0.29) is 5.52 Å². The molecule has 0 amide bonds. The summed E-state index contributed by atoms with van der Waals surface area (Å²) < 4.78 is 1.65. The lowest BCUT2D eigenvalue weighted by Gasteiger charge is -2.06. The molecular formula is C15H12N6O2. The van der Waals surface area contributed by atoms with Crippen LogP contribution in [0.5, 0.6) is 0 Å². The van der Waals surface area contributed by atoms with E-state index in [1.165, 1.54) is 6.33 Å². The fourth-order valence-corrected chi connectivity index (χ4v) is 2.62. The second kappa shape index (κ2) is 4.87. The number of para-hydroxylation sites is 1. The summed E-state index contributed by atoms with van der Waals surface area (Å²) in [6.45, 7) is 2.23. The first-order chi connectivity index (χ1) is 11.1. The van der Waals surface area contributed by atoms with Crippen molar-refractivity contribution in [1.29, 1.82) is 0 Å². The van der Waals surface area contributed by atoms with Crippen molar-refractivity contribution in [1.82, 2.24) is 29.5 Å². The molecule has 4 rings (SSSR count). The van der Waals surface area contributed by atoms with Crippen LogP contribution in [-0.2, 0) is 6.54 Å². The van der Waals surface area contributed by atoms with Crippen molar-refractivity contribution in [3.05, 3.63) is 62.9 Å². The number of aromatic amines is 2. The Hall–Kier alpha value is -3.29. The molecule has 0 spiro atoms. The van der Waals surface area contributed by atoms with Gasteiger partial charge < -0.3 is 4.57 Å². The maximum absolute atomic E-state index is 11.7. The molecule has 3 heterocycles. The minimum Gasteiger partial charge on any atom is -0.309 e. The van der Waals surface area contributed by atoms with E-state index in [9.17, 15) is 9.59 Å². The first-order valence-electron chi connectivity index (χ1n) is 7.01. The zero-order chi connectivity index (χ0) is 16.0. The summed E-state index contributed by atoms with van der Waals surface area (Å²) in [5, 5.41) is 0.997. The number of aryl methyl sites for hydroxylation is 1. The molecule has 0 saturated heterocycles. The van der Waals surface area contributed by atoms with E-state index in [0.717, 1.165) is 16.6 Å². The standard InChI is InChI=1S/C15H12N6O2/c1-8-9-4-2-3-5-10(9)18-11(17-8)6-21-7-16-12-13(21)19-15(23)20-14(12)22/h2-5,7H,6H2,1H3,(H2,19,20,22,23). The summed E-state index contributed by atoms with van der Waals surface area (Å²) in [6, 6.07) is 7.76. The molecule has 23 heavy (non-hydrogen) atoms. The molecule has 8 nitrogen and oxygen atoms in total. The lowest BCUT2D eigenvalue weighted by molar-refractivity contribution is 0.756. The monoisotopic (exact) mass is 308 g/mol. The molecule has 4 aromatic rings. The lowest BCUT2D eigenvalue weighted by atomic mass is 10.2. The first kappa shape index (κ1) is 13.4. The summed E-state index contributed by atoms with van der Waals surface area (Å²) in [5.41, 5.74) is 1.18. The Bertz CT molecular complexity index is 1150. The number of hydrogen-bond donors (Lipinski definition) is 2. The Kier molecular flexibility index (Phi) is 2.83. The average Bonchev–Trinajstić information content (AvgIpc) is 2.90. The van der Waals surface area contributed by atoms with Gasteiger partial charge in [0.15, 0.2) is 5.52 Å². The number of aromatic nitrogens is 6. The second-order valence-electron chi connectivity index (χ2n) is 5.22. The molecule has 0 radical (unpaired) electrons. The van der Waals surface area contributed by atoms with Crippen molar-refractivity contribution in [2.45, 2.75) is 13.5 Å². The molecule has 114 valence electrons. The van der Waals surface area contributed by atoms with Gasteiger partial charge in [0.25, 0.3) is 5.56 Å². The molecule has 0 saturated carbocycles. The SMILES string of the molecule is Cc1nc(Cn2cnc3c(=O)[nH]c(=O)[nH]c32)nc2ccccc12. The zero-order valence-corrected chi connectivity index (χ0v) is 12.2. The first-order valence-corrected chi connectivity index (χ1v) is 7.01. The molecule has 1 aromatic carbocycles. The Balaban J connectivity index is 1.85. The van der Waals surface area contributed by atoms with Crippen molar-refractivity contribution in [2.75, 3.05) is 0 Å². The van der Waals surface area contributed by atoms with Crippen LogP contribution in [0.15, 0.2) is 40.2 Å². The van der Waals surface area contributed by atoms with Gasteiger partial charge in [0.05, 0.1) is 18.4 Å². The number of benzene rings is 1. The van der Waals surface area contributed by atoms with Crippen LogP contribution in [0.3, 0.4) is 0 Å². The fraction of sp³-hybridized carbons (Fsp3) is 0.133.